The molecule has 0 radical (unpaired) electrons. The zero-order chi connectivity index (χ0) is 16.4. The molecule has 116 valence electrons. The molecule has 0 unspecified atom stereocenters. The highest BCUT2D eigenvalue weighted by molar-refractivity contribution is 5.88. The molecule has 0 saturated carbocycles. The lowest BCUT2D eigenvalue weighted by atomic mass is 10.1. The molecule has 23 heavy (non-hydrogen) atoms. The molecular formula is C16H11N2O5-. The number of rotatable bonds is 5. The molecule has 0 aliphatic heterocycles. The van der Waals surface area contributed by atoms with Gasteiger partial charge in [0, 0.05) is 30.5 Å². The number of carbonyl (C=O) groups excluding carboxylic acids is 2. The van der Waals surface area contributed by atoms with Crippen LogP contribution in [0.2, 0.25) is 0 Å². The Hall–Kier alpha value is -3.22. The summed E-state index contributed by atoms with van der Waals surface area (Å²) in [7, 11) is 0. The zero-order valence-electron chi connectivity index (χ0n) is 11.9. The fourth-order valence-electron chi connectivity index (χ4n) is 2.28. The Morgan fingerprint density at radius 3 is 2.87 bits per heavy atom. The molecule has 3 aromatic rings. The van der Waals surface area contributed by atoms with Gasteiger partial charge in [-0.1, -0.05) is 18.2 Å². The molecule has 7 nitrogen and oxygen atoms in total. The Morgan fingerprint density at radius 1 is 1.35 bits per heavy atom. The number of carbonyl (C=O) groups is 2. The van der Waals surface area contributed by atoms with Gasteiger partial charge in [0.25, 0.3) is 0 Å². The largest absolute Gasteiger partial charge is 0.550 e. The normalized spacial score (nSPS) is 10.8. The average Bonchev–Trinajstić information content (AvgIpc) is 2.95. The second kappa shape index (κ2) is 5.88. The van der Waals surface area contributed by atoms with Crippen LogP contribution in [0.5, 0.6) is 0 Å². The van der Waals surface area contributed by atoms with Crippen LogP contribution < -0.4 is 10.7 Å². The van der Waals surface area contributed by atoms with Gasteiger partial charge in [0.2, 0.25) is 0 Å². The lowest BCUT2D eigenvalue weighted by molar-refractivity contribution is -0.306. The molecule has 1 aromatic carbocycles. The van der Waals surface area contributed by atoms with E-state index in [9.17, 15) is 19.5 Å². The summed E-state index contributed by atoms with van der Waals surface area (Å²) in [4.78, 5) is 33.9. The number of carboxylic acids is 1. The lowest BCUT2D eigenvalue weighted by Crippen LogP contribution is -2.23. The molecule has 0 saturated heterocycles. The van der Waals surface area contributed by atoms with Crippen LogP contribution in [-0.2, 0) is 11.3 Å². The van der Waals surface area contributed by atoms with Gasteiger partial charge in [0.15, 0.2) is 6.29 Å². The second-order valence-corrected chi connectivity index (χ2v) is 4.92. The van der Waals surface area contributed by atoms with Crippen molar-refractivity contribution in [2.75, 3.05) is 0 Å². The van der Waals surface area contributed by atoms with Gasteiger partial charge in [0.05, 0.1) is 11.1 Å². The number of hydrogen-bond donors (Lipinski definition) is 0. The van der Waals surface area contributed by atoms with Crippen molar-refractivity contribution in [1.82, 2.24) is 9.78 Å². The highest BCUT2D eigenvalue weighted by atomic mass is 16.4. The molecule has 0 amide bonds. The molecule has 0 aliphatic carbocycles. The van der Waals surface area contributed by atoms with Crippen LogP contribution >= 0.6 is 0 Å². The van der Waals surface area contributed by atoms with E-state index >= 15 is 0 Å². The number of carboxylic acid groups (broad SMARTS) is 1. The summed E-state index contributed by atoms with van der Waals surface area (Å²) in [5, 5.41) is 15.3. The molecule has 0 bridgehead atoms. The minimum atomic E-state index is -1.22. The van der Waals surface area contributed by atoms with E-state index in [1.165, 1.54) is 10.9 Å². The highest BCUT2D eigenvalue weighted by Crippen LogP contribution is 2.22. The summed E-state index contributed by atoms with van der Waals surface area (Å²) in [5.41, 5.74) is 0.323. The predicted molar refractivity (Wildman–Crippen MR) is 78.7 cm³/mol. The zero-order valence-corrected chi connectivity index (χ0v) is 11.9. The molecule has 3 rings (SSSR count). The van der Waals surface area contributed by atoms with Gasteiger partial charge in [-0.25, -0.2) is 4.79 Å². The Kier molecular flexibility index (Phi) is 3.76. The summed E-state index contributed by atoms with van der Waals surface area (Å²) in [6.07, 6.45) is 1.71. The first kappa shape index (κ1) is 14.7. The third-order valence-electron chi connectivity index (χ3n) is 3.36. The van der Waals surface area contributed by atoms with E-state index in [1.807, 2.05) is 0 Å². The maximum absolute atomic E-state index is 12.1. The van der Waals surface area contributed by atoms with Crippen LogP contribution in [-0.4, -0.2) is 22.0 Å². The van der Waals surface area contributed by atoms with Gasteiger partial charge in [0.1, 0.15) is 11.3 Å². The molecule has 0 N–H and O–H groups in total. The SMILES string of the molecule is O=Cc1cn(CCC(=O)[O-])nc1-c1cc2ccccc2oc1=O. The van der Waals surface area contributed by atoms with Crippen LogP contribution in [0, 0.1) is 0 Å². The number of aldehydes is 1. The van der Waals surface area contributed by atoms with E-state index in [0.717, 1.165) is 0 Å². The van der Waals surface area contributed by atoms with E-state index in [4.69, 9.17) is 4.42 Å². The van der Waals surface area contributed by atoms with Gasteiger partial charge >= 0.3 is 5.63 Å². The number of aryl methyl sites for hydroxylation is 1. The van der Waals surface area contributed by atoms with Crippen LogP contribution in [0.1, 0.15) is 16.8 Å². The van der Waals surface area contributed by atoms with Gasteiger partial charge in [-0.2, -0.15) is 5.10 Å². The Balaban J connectivity index is 2.10. The Bertz CT molecular complexity index is 955. The first-order valence-electron chi connectivity index (χ1n) is 6.84. The topological polar surface area (TPSA) is 105 Å². The maximum Gasteiger partial charge on any atom is 0.345 e. The van der Waals surface area contributed by atoms with E-state index in [0.29, 0.717) is 17.3 Å². The number of aromatic nitrogens is 2. The molecule has 0 spiro atoms. The van der Waals surface area contributed by atoms with E-state index in [1.54, 1.807) is 30.3 Å². The Morgan fingerprint density at radius 2 is 2.13 bits per heavy atom. The smallest absolute Gasteiger partial charge is 0.345 e. The van der Waals surface area contributed by atoms with Crippen LogP contribution in [0.25, 0.3) is 22.2 Å². The minimum absolute atomic E-state index is 0.0437. The van der Waals surface area contributed by atoms with E-state index in [2.05, 4.69) is 5.10 Å². The minimum Gasteiger partial charge on any atom is -0.550 e. The third kappa shape index (κ3) is 2.89. The summed E-state index contributed by atoms with van der Waals surface area (Å²) < 4.78 is 6.52. The van der Waals surface area contributed by atoms with Gasteiger partial charge in [-0.3, -0.25) is 9.48 Å². The first-order chi connectivity index (χ1) is 11.1. The van der Waals surface area contributed by atoms with Gasteiger partial charge in [-0.05, 0) is 12.1 Å². The standard InChI is InChI=1S/C16H12N2O5/c19-9-11-8-18(6-5-14(20)21)17-15(11)12-7-10-3-1-2-4-13(10)23-16(12)22/h1-4,7-9H,5-6H2,(H,20,21)/p-1. The first-order valence-corrected chi connectivity index (χ1v) is 6.84. The van der Waals surface area contributed by atoms with Crippen LogP contribution in [0.15, 0.2) is 45.7 Å². The molecule has 2 aromatic heterocycles. The quantitative estimate of drug-likeness (QED) is 0.505. The number of benzene rings is 1. The van der Waals surface area contributed by atoms with Crippen molar-refractivity contribution < 1.29 is 19.1 Å². The second-order valence-electron chi connectivity index (χ2n) is 4.92. The summed E-state index contributed by atoms with van der Waals surface area (Å²) in [5.74, 6) is -1.22. The lowest BCUT2D eigenvalue weighted by Gasteiger charge is -2.02. The average molecular weight is 311 g/mol. The Labute approximate surface area is 129 Å². The molecule has 0 atom stereocenters. The summed E-state index contributed by atoms with van der Waals surface area (Å²) in [6, 6.07) is 8.58. The third-order valence-corrected chi connectivity index (χ3v) is 3.36. The monoisotopic (exact) mass is 311 g/mol. The summed E-state index contributed by atoms with van der Waals surface area (Å²) in [6.45, 7) is 0.0437. The predicted octanol–water partition coefficient (Wildman–Crippen LogP) is 0.609. The van der Waals surface area contributed by atoms with Crippen molar-refractivity contribution >= 4 is 23.2 Å². The number of fused-ring (bicyclic) bond motifs is 1. The number of aliphatic carboxylic acids is 1. The fourth-order valence-corrected chi connectivity index (χ4v) is 2.28. The number of hydrogen-bond acceptors (Lipinski definition) is 6. The van der Waals surface area contributed by atoms with Crippen molar-refractivity contribution in [1.29, 1.82) is 0 Å². The molecular weight excluding hydrogens is 300 g/mol. The number of nitrogens with zero attached hydrogens (tertiary/aromatic N) is 2. The van der Waals surface area contributed by atoms with Gasteiger partial charge < -0.3 is 14.3 Å². The van der Waals surface area contributed by atoms with Crippen molar-refractivity contribution in [3.8, 4) is 11.3 Å². The van der Waals surface area contributed by atoms with Crippen molar-refractivity contribution in [2.45, 2.75) is 13.0 Å². The van der Waals surface area contributed by atoms with Crippen molar-refractivity contribution in [3.05, 3.63) is 52.5 Å². The van der Waals surface area contributed by atoms with Crippen molar-refractivity contribution in [2.24, 2.45) is 0 Å². The molecule has 7 heteroatoms. The van der Waals surface area contributed by atoms with Crippen LogP contribution in [0.3, 0.4) is 0 Å². The van der Waals surface area contributed by atoms with E-state index < -0.39 is 11.6 Å². The van der Waals surface area contributed by atoms with E-state index in [-0.39, 0.29) is 29.8 Å². The highest BCUT2D eigenvalue weighted by Gasteiger charge is 2.16. The van der Waals surface area contributed by atoms with Gasteiger partial charge in [-0.15, -0.1) is 0 Å². The van der Waals surface area contributed by atoms with Crippen molar-refractivity contribution in [3.63, 3.8) is 0 Å². The molecule has 0 fully saturated rings. The van der Waals surface area contributed by atoms with Crippen LogP contribution in [0.4, 0.5) is 0 Å². The molecule has 0 aliphatic rings. The fraction of sp³-hybridized carbons (Fsp3) is 0.125. The summed E-state index contributed by atoms with van der Waals surface area (Å²) >= 11 is 0. The molecule has 2 heterocycles. The number of para-hydroxylation sites is 1. The maximum atomic E-state index is 12.1.